The summed E-state index contributed by atoms with van der Waals surface area (Å²) in [5.41, 5.74) is 29.8. The maximum atomic E-state index is 14.5. The molecule has 3 aromatic rings. The molecule has 74 heavy (non-hydrogen) atoms. The molecule has 26 heteroatoms. The van der Waals surface area contributed by atoms with E-state index < -0.39 is 95.5 Å². The molecule has 1 fully saturated rings. The van der Waals surface area contributed by atoms with Crippen molar-refractivity contribution in [3.05, 3.63) is 71.9 Å². The van der Waals surface area contributed by atoms with Crippen LogP contribution in [0.4, 0.5) is 0 Å². The van der Waals surface area contributed by atoms with Crippen molar-refractivity contribution in [2.45, 2.75) is 120 Å². The molecule has 2 unspecified atom stereocenters. The van der Waals surface area contributed by atoms with Gasteiger partial charge in [-0.2, -0.15) is 0 Å². The predicted molar refractivity (Wildman–Crippen MR) is 274 cm³/mol. The first kappa shape index (κ1) is 58.3. The summed E-state index contributed by atoms with van der Waals surface area (Å²) in [6, 6.07) is 6.08. The lowest BCUT2D eigenvalue weighted by molar-refractivity contribution is -0.142. The van der Waals surface area contributed by atoms with E-state index in [1.165, 1.54) is 6.92 Å². The minimum Gasteiger partial charge on any atom is -0.480 e. The van der Waals surface area contributed by atoms with Crippen molar-refractivity contribution in [1.82, 2.24) is 47.5 Å². The zero-order valence-electron chi connectivity index (χ0n) is 41.3. The number of carboxylic acids is 1. The van der Waals surface area contributed by atoms with Crippen LogP contribution in [0.3, 0.4) is 0 Å². The Hall–Kier alpha value is -8.29. The van der Waals surface area contributed by atoms with Crippen LogP contribution in [-0.2, 0) is 56.0 Å². The number of carbonyl (C=O) groups excluding carboxylic acids is 8. The molecule has 7 atom stereocenters. The highest BCUT2D eigenvalue weighted by atomic mass is 16.4. The fraction of sp³-hybridized carbons (Fsp3) is 0.479. The molecule has 20 N–H and O–H groups in total. The van der Waals surface area contributed by atoms with Crippen molar-refractivity contribution >= 4 is 76.0 Å². The topological polar surface area (TPSA) is 441 Å². The summed E-state index contributed by atoms with van der Waals surface area (Å²) in [4.78, 5) is 135. The summed E-state index contributed by atoms with van der Waals surface area (Å²) >= 11 is 0. The van der Waals surface area contributed by atoms with Gasteiger partial charge in [0.25, 0.3) is 0 Å². The summed E-state index contributed by atoms with van der Waals surface area (Å²) < 4.78 is 0. The van der Waals surface area contributed by atoms with Crippen molar-refractivity contribution in [2.75, 3.05) is 26.2 Å². The number of hydrogen-bond acceptors (Lipinski definition) is 12. The molecule has 0 saturated carbocycles. The van der Waals surface area contributed by atoms with Gasteiger partial charge in [-0.05, 0) is 75.1 Å². The number of H-pyrrole nitrogens is 1. The number of carbonyl (C=O) groups is 9. The molecule has 0 radical (unpaired) electrons. The highest BCUT2D eigenvalue weighted by Crippen LogP contribution is 2.20. The van der Waals surface area contributed by atoms with E-state index in [9.17, 15) is 48.3 Å². The number of guanidine groups is 2. The molecule has 2 heterocycles. The molecule has 4 rings (SSSR count). The van der Waals surface area contributed by atoms with Gasteiger partial charge in [0, 0.05) is 62.9 Å². The van der Waals surface area contributed by atoms with E-state index in [-0.39, 0.29) is 109 Å². The normalized spacial score (nSPS) is 21.2. The fourth-order valence-corrected chi connectivity index (χ4v) is 8.07. The molecule has 0 aliphatic carbocycles. The second-order valence-electron chi connectivity index (χ2n) is 17.7. The Bertz CT molecular complexity index is 2480. The van der Waals surface area contributed by atoms with Crippen molar-refractivity contribution < 1.29 is 48.3 Å². The third kappa shape index (κ3) is 19.7. The van der Waals surface area contributed by atoms with Crippen LogP contribution >= 0.6 is 0 Å². The van der Waals surface area contributed by atoms with Gasteiger partial charge in [0.1, 0.15) is 42.3 Å². The SMILES string of the molecule is CC(=O)N[C@H](CCCN=C(N)N)C(=O)N[C@H]1CCC(=O)NCCCC(C(=O)O)NC(=O)[C@H](Cc2c[nH]c3ccccc23)NC(=O)[C@H](CCCN=C(N)N)NC(=O)C(Cc2ccccc2)NC(=O)[C@H](CCN)NC1=O. The number of benzene rings is 2. The second-order valence-corrected chi connectivity index (χ2v) is 17.7. The zero-order chi connectivity index (χ0) is 54.2. The van der Waals surface area contributed by atoms with Crippen LogP contribution in [0.2, 0.25) is 0 Å². The zero-order valence-corrected chi connectivity index (χ0v) is 41.3. The lowest BCUT2D eigenvalue weighted by Crippen LogP contribution is -2.60. The number of hydrogen-bond donors (Lipinski definition) is 15. The number of carboxylic acid groups (broad SMARTS) is 1. The Labute approximate surface area is 427 Å². The van der Waals surface area contributed by atoms with Crippen molar-refractivity contribution in [1.29, 1.82) is 0 Å². The van der Waals surface area contributed by atoms with Crippen LogP contribution in [0.1, 0.15) is 75.8 Å². The molecule has 8 amide bonds. The maximum absolute atomic E-state index is 14.5. The number of nitrogens with zero attached hydrogens (tertiary/aromatic N) is 2. The predicted octanol–water partition coefficient (Wildman–Crippen LogP) is -3.40. The largest absolute Gasteiger partial charge is 0.480 e. The molecule has 26 nitrogen and oxygen atoms in total. The molecular formula is C48H70N16O10. The molecule has 402 valence electrons. The van der Waals surface area contributed by atoms with Gasteiger partial charge in [0.05, 0.1) is 0 Å². The highest BCUT2D eigenvalue weighted by molar-refractivity contribution is 5.98. The van der Waals surface area contributed by atoms with E-state index in [0.29, 0.717) is 11.1 Å². The number of rotatable bonds is 18. The van der Waals surface area contributed by atoms with Gasteiger partial charge in [-0.3, -0.25) is 48.3 Å². The summed E-state index contributed by atoms with van der Waals surface area (Å²) in [6.07, 6.45) is 0.819. The minimum atomic E-state index is -1.48. The third-order valence-electron chi connectivity index (χ3n) is 11.9. The molecule has 1 aromatic heterocycles. The molecule has 1 aliphatic rings. The van der Waals surface area contributed by atoms with Crippen LogP contribution in [0.5, 0.6) is 0 Å². The first-order valence-corrected chi connectivity index (χ1v) is 24.3. The van der Waals surface area contributed by atoms with Crippen molar-refractivity contribution in [2.24, 2.45) is 38.7 Å². The van der Waals surface area contributed by atoms with Crippen LogP contribution in [0.15, 0.2) is 70.8 Å². The number of aliphatic carboxylic acids is 1. The third-order valence-corrected chi connectivity index (χ3v) is 11.9. The Morgan fingerprint density at radius 3 is 1.95 bits per heavy atom. The highest BCUT2D eigenvalue weighted by Gasteiger charge is 2.35. The molecular weight excluding hydrogens is 961 g/mol. The van der Waals surface area contributed by atoms with Crippen molar-refractivity contribution in [3.8, 4) is 0 Å². The van der Waals surface area contributed by atoms with Gasteiger partial charge in [-0.25, -0.2) is 4.79 Å². The van der Waals surface area contributed by atoms with Crippen LogP contribution < -0.4 is 71.2 Å². The quantitative estimate of drug-likeness (QED) is 0.0336. The lowest BCUT2D eigenvalue weighted by atomic mass is 10.0. The lowest BCUT2D eigenvalue weighted by Gasteiger charge is -2.28. The van der Waals surface area contributed by atoms with E-state index in [4.69, 9.17) is 28.7 Å². The van der Waals surface area contributed by atoms with E-state index in [2.05, 4.69) is 57.5 Å². The Morgan fingerprint density at radius 1 is 0.716 bits per heavy atom. The van der Waals surface area contributed by atoms with E-state index >= 15 is 0 Å². The van der Waals surface area contributed by atoms with Gasteiger partial charge in [-0.1, -0.05) is 48.5 Å². The van der Waals surface area contributed by atoms with Gasteiger partial charge in [-0.15, -0.1) is 0 Å². The summed E-state index contributed by atoms with van der Waals surface area (Å²) in [5.74, 6) is -8.06. The smallest absolute Gasteiger partial charge is 0.326 e. The van der Waals surface area contributed by atoms with E-state index in [1.54, 1.807) is 42.6 Å². The average molecular weight is 1030 g/mol. The van der Waals surface area contributed by atoms with Gasteiger partial charge < -0.3 is 81.3 Å². The van der Waals surface area contributed by atoms with Crippen LogP contribution in [-0.4, -0.2) is 144 Å². The van der Waals surface area contributed by atoms with E-state index in [0.717, 1.165) is 10.9 Å². The van der Waals surface area contributed by atoms with Crippen molar-refractivity contribution in [3.63, 3.8) is 0 Å². The summed E-state index contributed by atoms with van der Waals surface area (Å²) in [6.45, 7) is 1.15. The summed E-state index contributed by atoms with van der Waals surface area (Å²) in [7, 11) is 0. The monoisotopic (exact) mass is 1030 g/mol. The number of fused-ring (bicyclic) bond motifs is 1. The molecule has 1 saturated heterocycles. The number of para-hydroxylation sites is 1. The first-order valence-electron chi connectivity index (χ1n) is 24.3. The second kappa shape index (κ2) is 29.9. The number of amides is 8. The molecule has 0 spiro atoms. The molecule has 2 aromatic carbocycles. The van der Waals surface area contributed by atoms with Gasteiger partial charge in [0.15, 0.2) is 11.9 Å². The number of aliphatic imine (C=N–C) groups is 2. The van der Waals surface area contributed by atoms with Crippen LogP contribution in [0.25, 0.3) is 10.9 Å². The Morgan fingerprint density at radius 2 is 1.30 bits per heavy atom. The Kier molecular flexibility index (Phi) is 23.6. The van der Waals surface area contributed by atoms with E-state index in [1.807, 2.05) is 18.2 Å². The summed E-state index contributed by atoms with van der Waals surface area (Å²) in [5, 5.41) is 32.0. The number of aromatic nitrogens is 1. The van der Waals surface area contributed by atoms with Crippen LogP contribution in [0, 0.1) is 0 Å². The standard InChI is InChI=1S/C48H70N16O10/c1-27(65)58-32(14-7-22-55-47(50)51)40(67)60-34-17-18-39(66)54-21-9-16-36(46(73)74)62-45(72)38(25-29-26-57-31-13-6-5-12-30(29)31)64-41(68)33(15-8-23-56-48(52)53)59-44(71)37(24-28-10-3-2-4-11-28)63-43(70)35(19-20-49)61-42(34)69/h2-6,10-13,26,32-38,57H,7-9,14-25,49H2,1H3,(H,54,66)(H,58,65)(H,59,71)(H,60,67)(H,61,69)(H,62,72)(H,63,70)(H,64,68)(H,73,74)(H4,50,51,55)(H4,52,53,56)/t32-,33+,34+,35+,36?,37?,38+/m1/s1. The average Bonchev–Trinajstić information content (AvgIpc) is 3.76. The number of nitrogens with two attached hydrogens (primary N) is 5. The molecule has 0 bridgehead atoms. The number of nitrogens with one attached hydrogen (secondary N) is 9. The minimum absolute atomic E-state index is 0.0431. The number of aromatic amines is 1. The fourth-order valence-electron chi connectivity index (χ4n) is 8.07. The Balaban J connectivity index is 1.75. The maximum Gasteiger partial charge on any atom is 0.326 e. The molecule has 1 aliphatic heterocycles. The van der Waals surface area contributed by atoms with Gasteiger partial charge >= 0.3 is 5.97 Å². The first-order chi connectivity index (χ1) is 35.3. The van der Waals surface area contributed by atoms with Gasteiger partial charge in [0.2, 0.25) is 47.3 Å².